The minimum atomic E-state index is 0. The van der Waals surface area contributed by atoms with E-state index in [0.29, 0.717) is 0 Å². The summed E-state index contributed by atoms with van der Waals surface area (Å²) in [6, 6.07) is 7.93. The van der Waals surface area contributed by atoms with E-state index >= 15 is 0 Å². The van der Waals surface area contributed by atoms with Gasteiger partial charge in [0.05, 0.1) is 13.2 Å². The van der Waals surface area contributed by atoms with Crippen LogP contribution in [0, 0.1) is 0 Å². The van der Waals surface area contributed by atoms with Gasteiger partial charge in [0.25, 0.3) is 0 Å². The Morgan fingerprint density at radius 3 is 1.71 bits per heavy atom. The maximum Gasteiger partial charge on any atom is 0.119 e. The molecule has 0 spiro atoms. The van der Waals surface area contributed by atoms with E-state index in [1.54, 1.807) is 0 Å². The third kappa shape index (κ3) is 8.84. The highest BCUT2D eigenvalue weighted by Gasteiger charge is 2.00. The van der Waals surface area contributed by atoms with Gasteiger partial charge in [0.15, 0.2) is 0 Å². The largest absolute Gasteiger partial charge is 0.494 e. The average molecular weight is 316 g/mol. The molecule has 0 amide bonds. The van der Waals surface area contributed by atoms with Gasteiger partial charge in [0, 0.05) is 6.54 Å². The summed E-state index contributed by atoms with van der Waals surface area (Å²) < 4.78 is 11.4. The Labute approximate surface area is 136 Å². The topological polar surface area (TPSA) is 21.7 Å². The standard InChI is InChI=1S/C17H29NO2.ClH/c1-4-7-14-19-16-9-11-17(12-10-16)20-15-8-13-18(5-2)6-3;/h9-12H,4-8,13-15H2,1-3H3;1H. The van der Waals surface area contributed by atoms with Crippen molar-refractivity contribution in [1.82, 2.24) is 4.90 Å². The van der Waals surface area contributed by atoms with Gasteiger partial charge in [-0.1, -0.05) is 27.2 Å². The van der Waals surface area contributed by atoms with Crippen LogP contribution in [0.5, 0.6) is 11.5 Å². The highest BCUT2D eigenvalue weighted by atomic mass is 35.5. The lowest BCUT2D eigenvalue weighted by atomic mass is 10.3. The Morgan fingerprint density at radius 1 is 0.810 bits per heavy atom. The number of hydrogen-bond donors (Lipinski definition) is 0. The Morgan fingerprint density at radius 2 is 1.29 bits per heavy atom. The number of halogens is 1. The molecular weight excluding hydrogens is 286 g/mol. The molecule has 0 saturated carbocycles. The van der Waals surface area contributed by atoms with Crippen molar-refractivity contribution >= 4 is 12.4 Å². The van der Waals surface area contributed by atoms with Crippen molar-refractivity contribution in [1.29, 1.82) is 0 Å². The molecule has 1 aromatic rings. The zero-order valence-electron chi connectivity index (χ0n) is 13.6. The lowest BCUT2D eigenvalue weighted by Crippen LogP contribution is -2.25. The summed E-state index contributed by atoms with van der Waals surface area (Å²) in [6.07, 6.45) is 3.33. The first-order valence-electron chi connectivity index (χ1n) is 7.88. The molecule has 0 saturated heterocycles. The van der Waals surface area contributed by atoms with E-state index < -0.39 is 0 Å². The van der Waals surface area contributed by atoms with Crippen molar-refractivity contribution < 1.29 is 9.47 Å². The first-order valence-corrected chi connectivity index (χ1v) is 7.88. The van der Waals surface area contributed by atoms with E-state index in [1.165, 1.54) is 0 Å². The number of unbranched alkanes of at least 4 members (excludes halogenated alkanes) is 1. The molecule has 4 heteroatoms. The van der Waals surface area contributed by atoms with Crippen molar-refractivity contribution in [3.05, 3.63) is 24.3 Å². The molecule has 0 N–H and O–H groups in total. The second kappa shape index (κ2) is 12.8. The fourth-order valence-corrected chi connectivity index (χ4v) is 1.98. The maximum atomic E-state index is 5.74. The maximum absolute atomic E-state index is 5.74. The molecule has 1 aromatic carbocycles. The summed E-state index contributed by atoms with van der Waals surface area (Å²) in [5.74, 6) is 1.85. The first-order chi connectivity index (χ1) is 9.80. The van der Waals surface area contributed by atoms with Gasteiger partial charge in [-0.2, -0.15) is 0 Å². The van der Waals surface area contributed by atoms with Crippen molar-refractivity contribution in [2.24, 2.45) is 0 Å². The average Bonchev–Trinajstić information content (AvgIpc) is 2.49. The fraction of sp³-hybridized carbons (Fsp3) is 0.647. The van der Waals surface area contributed by atoms with Crippen LogP contribution in [0.2, 0.25) is 0 Å². The van der Waals surface area contributed by atoms with Gasteiger partial charge in [0.1, 0.15) is 11.5 Å². The van der Waals surface area contributed by atoms with E-state index in [2.05, 4.69) is 25.7 Å². The molecule has 0 heterocycles. The van der Waals surface area contributed by atoms with Crippen LogP contribution in [0.1, 0.15) is 40.0 Å². The molecule has 1 rings (SSSR count). The molecule has 0 unspecified atom stereocenters. The molecular formula is C17H30ClNO2. The van der Waals surface area contributed by atoms with E-state index in [1.807, 2.05) is 24.3 Å². The Bertz CT molecular complexity index is 339. The fourth-order valence-electron chi connectivity index (χ4n) is 1.98. The molecule has 0 bridgehead atoms. The molecule has 21 heavy (non-hydrogen) atoms. The molecule has 3 nitrogen and oxygen atoms in total. The zero-order valence-corrected chi connectivity index (χ0v) is 14.5. The summed E-state index contributed by atoms with van der Waals surface area (Å²) in [4.78, 5) is 2.41. The van der Waals surface area contributed by atoms with E-state index in [4.69, 9.17) is 9.47 Å². The monoisotopic (exact) mass is 315 g/mol. The van der Waals surface area contributed by atoms with Gasteiger partial charge in [-0.15, -0.1) is 12.4 Å². The predicted molar refractivity (Wildman–Crippen MR) is 92.0 cm³/mol. The number of nitrogens with zero attached hydrogens (tertiary/aromatic N) is 1. The summed E-state index contributed by atoms with van der Waals surface area (Å²) in [6.45, 7) is 11.4. The van der Waals surface area contributed by atoms with Crippen LogP contribution in [-0.4, -0.2) is 37.7 Å². The smallest absolute Gasteiger partial charge is 0.119 e. The molecule has 0 aliphatic rings. The third-order valence-corrected chi connectivity index (χ3v) is 3.37. The van der Waals surface area contributed by atoms with Crippen LogP contribution in [0.3, 0.4) is 0 Å². The summed E-state index contributed by atoms with van der Waals surface area (Å²) in [5.41, 5.74) is 0. The van der Waals surface area contributed by atoms with Crippen molar-refractivity contribution in [3.63, 3.8) is 0 Å². The van der Waals surface area contributed by atoms with E-state index in [9.17, 15) is 0 Å². The first kappa shape index (κ1) is 20.1. The van der Waals surface area contributed by atoms with Gasteiger partial charge < -0.3 is 14.4 Å². The van der Waals surface area contributed by atoms with E-state index in [0.717, 1.165) is 63.6 Å². The molecule has 0 radical (unpaired) electrons. The Kier molecular flexibility index (Phi) is 12.2. The van der Waals surface area contributed by atoms with Crippen LogP contribution >= 0.6 is 12.4 Å². The summed E-state index contributed by atoms with van der Waals surface area (Å²) >= 11 is 0. The number of benzene rings is 1. The van der Waals surface area contributed by atoms with Crippen LogP contribution in [0.25, 0.3) is 0 Å². The molecule has 0 aliphatic heterocycles. The lowest BCUT2D eigenvalue weighted by Gasteiger charge is -2.17. The van der Waals surface area contributed by atoms with Crippen LogP contribution in [0.4, 0.5) is 0 Å². The van der Waals surface area contributed by atoms with Crippen molar-refractivity contribution in [3.8, 4) is 11.5 Å². The van der Waals surface area contributed by atoms with Crippen LogP contribution in [-0.2, 0) is 0 Å². The van der Waals surface area contributed by atoms with Crippen LogP contribution < -0.4 is 9.47 Å². The van der Waals surface area contributed by atoms with Crippen molar-refractivity contribution in [2.75, 3.05) is 32.8 Å². The predicted octanol–water partition coefficient (Wildman–Crippen LogP) is 4.40. The second-order valence-electron chi connectivity index (χ2n) is 4.90. The summed E-state index contributed by atoms with van der Waals surface area (Å²) in [5, 5.41) is 0. The van der Waals surface area contributed by atoms with Gasteiger partial charge in [-0.25, -0.2) is 0 Å². The van der Waals surface area contributed by atoms with Crippen molar-refractivity contribution in [2.45, 2.75) is 40.0 Å². The summed E-state index contributed by atoms with van der Waals surface area (Å²) in [7, 11) is 0. The van der Waals surface area contributed by atoms with E-state index in [-0.39, 0.29) is 12.4 Å². The molecule has 0 atom stereocenters. The van der Waals surface area contributed by atoms with Gasteiger partial charge in [-0.3, -0.25) is 0 Å². The lowest BCUT2D eigenvalue weighted by molar-refractivity contribution is 0.249. The second-order valence-corrected chi connectivity index (χ2v) is 4.90. The quantitative estimate of drug-likeness (QED) is 0.565. The van der Waals surface area contributed by atoms with Gasteiger partial charge in [-0.05, 0) is 50.2 Å². The zero-order chi connectivity index (χ0) is 14.6. The van der Waals surface area contributed by atoms with Gasteiger partial charge in [0.2, 0.25) is 0 Å². The normalized spacial score (nSPS) is 10.3. The minimum absolute atomic E-state index is 0. The molecule has 0 aliphatic carbocycles. The number of ether oxygens (including phenoxy) is 2. The molecule has 122 valence electrons. The minimum Gasteiger partial charge on any atom is -0.494 e. The van der Waals surface area contributed by atoms with Gasteiger partial charge >= 0.3 is 0 Å². The SMILES string of the molecule is CCCCOc1ccc(OCCCN(CC)CC)cc1.Cl. The Balaban J connectivity index is 0.00000400. The highest BCUT2D eigenvalue weighted by Crippen LogP contribution is 2.18. The van der Waals surface area contributed by atoms with Crippen LogP contribution in [0.15, 0.2) is 24.3 Å². The number of rotatable bonds is 11. The number of hydrogen-bond acceptors (Lipinski definition) is 3. The molecule has 0 fully saturated rings. The third-order valence-electron chi connectivity index (χ3n) is 3.37. The Hall–Kier alpha value is -0.930. The molecule has 0 aromatic heterocycles. The highest BCUT2D eigenvalue weighted by molar-refractivity contribution is 5.85.